The third kappa shape index (κ3) is 8.07. The van der Waals surface area contributed by atoms with Crippen molar-refractivity contribution in [3.63, 3.8) is 0 Å². The molecule has 1 aromatic rings. The molecule has 4 N–H and O–H groups in total. The molecule has 0 bridgehead atoms. The van der Waals surface area contributed by atoms with Crippen molar-refractivity contribution in [1.82, 2.24) is 10.6 Å². The Morgan fingerprint density at radius 1 is 1.16 bits per heavy atom. The van der Waals surface area contributed by atoms with Gasteiger partial charge in [-0.1, -0.05) is 30.3 Å². The first-order valence-electron chi connectivity index (χ1n) is 10.4. The molecule has 1 fully saturated rings. The Morgan fingerprint density at radius 3 is 2.25 bits per heavy atom. The molecule has 1 unspecified atom stereocenters. The SMILES string of the molecule is CC(C)(C)OC(=O)N[C@H](Cc1ccccc1)[C@H](O)C(=O)NC(CC1CC(F)(F)C1)C(=O)O. The maximum absolute atomic E-state index is 13.1. The van der Waals surface area contributed by atoms with Crippen LogP contribution in [0.15, 0.2) is 30.3 Å². The zero-order chi connectivity index (χ0) is 24.1. The number of halogens is 2. The molecule has 32 heavy (non-hydrogen) atoms. The van der Waals surface area contributed by atoms with Gasteiger partial charge < -0.3 is 25.6 Å². The van der Waals surface area contributed by atoms with E-state index < -0.39 is 66.4 Å². The number of hydrogen-bond acceptors (Lipinski definition) is 5. The Labute approximate surface area is 185 Å². The maximum Gasteiger partial charge on any atom is 0.407 e. The molecule has 2 amide bonds. The number of carboxylic acids is 1. The van der Waals surface area contributed by atoms with Gasteiger partial charge in [-0.15, -0.1) is 0 Å². The molecule has 0 aromatic heterocycles. The van der Waals surface area contributed by atoms with E-state index in [4.69, 9.17) is 4.74 Å². The number of benzene rings is 1. The van der Waals surface area contributed by atoms with Gasteiger partial charge in [0, 0.05) is 12.8 Å². The summed E-state index contributed by atoms with van der Waals surface area (Å²) in [6.07, 6.45) is -3.63. The van der Waals surface area contributed by atoms with E-state index in [-0.39, 0.29) is 12.8 Å². The van der Waals surface area contributed by atoms with E-state index in [9.17, 15) is 33.4 Å². The topological polar surface area (TPSA) is 125 Å². The highest BCUT2D eigenvalue weighted by Crippen LogP contribution is 2.44. The Hall–Kier alpha value is -2.75. The third-order valence-corrected chi connectivity index (χ3v) is 5.01. The van der Waals surface area contributed by atoms with Crippen molar-refractivity contribution in [3.8, 4) is 0 Å². The number of aliphatic hydroxyl groups excluding tert-OH is 1. The summed E-state index contributed by atoms with van der Waals surface area (Å²) in [6.45, 7) is 4.97. The second-order valence-corrected chi connectivity index (χ2v) is 9.15. The number of nitrogens with one attached hydrogen (secondary N) is 2. The molecule has 2 rings (SSSR count). The second-order valence-electron chi connectivity index (χ2n) is 9.15. The zero-order valence-corrected chi connectivity index (χ0v) is 18.3. The van der Waals surface area contributed by atoms with Crippen molar-refractivity contribution in [1.29, 1.82) is 0 Å². The van der Waals surface area contributed by atoms with Crippen LogP contribution in [0.4, 0.5) is 13.6 Å². The van der Waals surface area contributed by atoms with Crippen molar-refractivity contribution in [2.45, 2.75) is 76.2 Å². The molecule has 3 atom stereocenters. The van der Waals surface area contributed by atoms with Crippen LogP contribution in [0.5, 0.6) is 0 Å². The van der Waals surface area contributed by atoms with Crippen LogP contribution in [0.25, 0.3) is 0 Å². The quantitative estimate of drug-likeness (QED) is 0.453. The molecule has 0 spiro atoms. The Balaban J connectivity index is 2.07. The Morgan fingerprint density at radius 2 is 1.75 bits per heavy atom. The lowest BCUT2D eigenvalue weighted by molar-refractivity contribution is -0.148. The first-order chi connectivity index (χ1) is 14.8. The van der Waals surface area contributed by atoms with Crippen LogP contribution < -0.4 is 10.6 Å². The fourth-order valence-electron chi connectivity index (χ4n) is 3.51. The number of carbonyl (C=O) groups excluding carboxylic acids is 2. The van der Waals surface area contributed by atoms with E-state index in [1.54, 1.807) is 51.1 Å². The summed E-state index contributed by atoms with van der Waals surface area (Å²) in [5, 5.41) is 24.7. The fourth-order valence-corrected chi connectivity index (χ4v) is 3.51. The average molecular weight is 456 g/mol. The highest BCUT2D eigenvalue weighted by atomic mass is 19.3. The van der Waals surface area contributed by atoms with Crippen LogP contribution in [0.3, 0.4) is 0 Å². The van der Waals surface area contributed by atoms with Crippen molar-refractivity contribution in [2.24, 2.45) is 5.92 Å². The van der Waals surface area contributed by atoms with E-state index in [0.29, 0.717) is 5.56 Å². The van der Waals surface area contributed by atoms with Crippen molar-refractivity contribution >= 4 is 18.0 Å². The maximum atomic E-state index is 13.1. The lowest BCUT2D eigenvalue weighted by Crippen LogP contribution is -2.55. The Bertz CT molecular complexity index is 804. The van der Waals surface area contributed by atoms with Crippen LogP contribution >= 0.6 is 0 Å². The summed E-state index contributed by atoms with van der Waals surface area (Å²) in [5.41, 5.74) is -0.0970. The van der Waals surface area contributed by atoms with Gasteiger partial charge in [0.25, 0.3) is 5.91 Å². The molecule has 0 heterocycles. The van der Waals surface area contributed by atoms with Gasteiger partial charge in [0.1, 0.15) is 11.6 Å². The molecule has 0 radical (unpaired) electrons. The van der Waals surface area contributed by atoms with Crippen LogP contribution in [-0.4, -0.2) is 57.9 Å². The second kappa shape index (κ2) is 10.2. The van der Waals surface area contributed by atoms with Crippen molar-refractivity contribution < 1.29 is 38.1 Å². The van der Waals surface area contributed by atoms with Crippen molar-refractivity contribution in [3.05, 3.63) is 35.9 Å². The highest BCUT2D eigenvalue weighted by molar-refractivity contribution is 5.87. The molecular weight excluding hydrogens is 426 g/mol. The minimum Gasteiger partial charge on any atom is -0.480 e. The number of rotatable bonds is 9. The normalized spacial score (nSPS) is 18.6. The molecule has 1 aromatic carbocycles. The molecular formula is C22H30F2N2O6. The fraction of sp³-hybridized carbons (Fsp3) is 0.591. The number of carboxylic acid groups (broad SMARTS) is 1. The summed E-state index contributed by atoms with van der Waals surface area (Å²) >= 11 is 0. The number of carbonyl (C=O) groups is 3. The van der Waals surface area contributed by atoms with E-state index >= 15 is 0 Å². The lowest BCUT2D eigenvalue weighted by Gasteiger charge is -2.36. The smallest absolute Gasteiger partial charge is 0.407 e. The summed E-state index contributed by atoms with van der Waals surface area (Å²) in [7, 11) is 0. The van der Waals surface area contributed by atoms with Gasteiger partial charge in [-0.2, -0.15) is 0 Å². The van der Waals surface area contributed by atoms with Gasteiger partial charge in [-0.05, 0) is 45.1 Å². The minimum atomic E-state index is -2.81. The van der Waals surface area contributed by atoms with Crippen LogP contribution in [0, 0.1) is 5.92 Å². The number of amides is 2. The predicted molar refractivity (Wildman–Crippen MR) is 111 cm³/mol. The average Bonchev–Trinajstić information content (AvgIpc) is 2.64. The number of alkyl carbamates (subject to hydrolysis) is 1. The van der Waals surface area contributed by atoms with Gasteiger partial charge in [0.15, 0.2) is 6.10 Å². The first-order valence-corrected chi connectivity index (χ1v) is 10.4. The minimum absolute atomic E-state index is 0.0707. The van der Waals surface area contributed by atoms with Gasteiger partial charge >= 0.3 is 12.1 Å². The van der Waals surface area contributed by atoms with Crippen LogP contribution in [-0.2, 0) is 20.7 Å². The lowest BCUT2D eigenvalue weighted by atomic mass is 9.77. The van der Waals surface area contributed by atoms with Crippen LogP contribution in [0.1, 0.15) is 45.6 Å². The Kier molecular flexibility index (Phi) is 8.17. The number of ether oxygens (including phenoxy) is 1. The molecule has 1 aliphatic rings. The highest BCUT2D eigenvalue weighted by Gasteiger charge is 2.46. The van der Waals surface area contributed by atoms with Crippen molar-refractivity contribution in [2.75, 3.05) is 0 Å². The van der Waals surface area contributed by atoms with Gasteiger partial charge in [-0.25, -0.2) is 18.4 Å². The predicted octanol–water partition coefficient (Wildman–Crippen LogP) is 2.49. The first kappa shape index (κ1) is 25.5. The monoisotopic (exact) mass is 456 g/mol. The van der Waals surface area contributed by atoms with E-state index in [2.05, 4.69) is 10.6 Å². The van der Waals surface area contributed by atoms with E-state index in [1.165, 1.54) is 0 Å². The number of aliphatic carboxylic acids is 1. The zero-order valence-electron chi connectivity index (χ0n) is 18.3. The third-order valence-electron chi connectivity index (χ3n) is 5.01. The molecule has 8 nitrogen and oxygen atoms in total. The summed E-state index contributed by atoms with van der Waals surface area (Å²) < 4.78 is 31.3. The summed E-state index contributed by atoms with van der Waals surface area (Å²) in [6, 6.07) is 6.22. The molecule has 0 aliphatic heterocycles. The number of aliphatic hydroxyl groups is 1. The summed E-state index contributed by atoms with van der Waals surface area (Å²) in [5.74, 6) is -5.76. The standard InChI is InChI=1S/C22H30F2N2O6/c1-21(2,3)32-20(31)26-15(9-13-7-5-4-6-8-13)17(27)18(28)25-16(19(29)30)10-14-11-22(23,24)12-14/h4-8,14-17,27H,9-12H2,1-3H3,(H,25,28)(H,26,31)(H,29,30)/t15-,16?,17+/m1/s1. The van der Waals surface area contributed by atoms with Gasteiger partial charge in [0.2, 0.25) is 5.92 Å². The van der Waals surface area contributed by atoms with E-state index in [0.717, 1.165) is 0 Å². The molecule has 1 saturated carbocycles. The largest absolute Gasteiger partial charge is 0.480 e. The summed E-state index contributed by atoms with van der Waals surface area (Å²) in [4.78, 5) is 36.4. The number of alkyl halides is 2. The molecule has 178 valence electrons. The molecule has 0 saturated heterocycles. The molecule has 1 aliphatic carbocycles. The van der Waals surface area contributed by atoms with Gasteiger partial charge in [0.05, 0.1) is 6.04 Å². The van der Waals surface area contributed by atoms with E-state index in [1.807, 2.05) is 0 Å². The molecule has 10 heteroatoms. The number of hydrogen-bond donors (Lipinski definition) is 4. The van der Waals surface area contributed by atoms with Gasteiger partial charge in [-0.3, -0.25) is 4.79 Å². The van der Waals surface area contributed by atoms with Crippen LogP contribution in [0.2, 0.25) is 0 Å².